The molecule has 0 rings (SSSR count). The maximum atomic E-state index is 11.0. The van der Waals surface area contributed by atoms with Gasteiger partial charge in [0, 0.05) is 30.8 Å². The van der Waals surface area contributed by atoms with Crippen molar-refractivity contribution in [2.45, 2.75) is 65.2 Å². The van der Waals surface area contributed by atoms with Gasteiger partial charge in [0.1, 0.15) is 19.5 Å². The van der Waals surface area contributed by atoms with E-state index in [9.17, 15) is 4.79 Å². The van der Waals surface area contributed by atoms with E-state index in [1.807, 2.05) is 0 Å². The van der Waals surface area contributed by atoms with E-state index in [1.165, 1.54) is 51.7 Å². The first-order valence-electron chi connectivity index (χ1n) is 9.61. The monoisotopic (exact) mass is 458 g/mol. The van der Waals surface area contributed by atoms with Gasteiger partial charge in [0.25, 0.3) is 0 Å². The Kier molecular flexibility index (Phi) is 23.2. The minimum Gasteiger partial charge on any atom is -0.460 e. The third-order valence-corrected chi connectivity index (χ3v) is 3.21. The molecule has 0 saturated carbocycles. The molecule has 0 unspecified atom stereocenters. The number of carbonyl (C=O) groups is 1. The van der Waals surface area contributed by atoms with Crippen molar-refractivity contribution >= 4 is 5.97 Å². The van der Waals surface area contributed by atoms with Gasteiger partial charge in [-0.3, -0.25) is 0 Å². The molecular formula is C17H30O14. The quantitative estimate of drug-likeness (QED) is 0.0514. The molecule has 0 aliphatic rings. The average molecular weight is 458 g/mol. The SMILES string of the molecule is C=C(C)C(=O)OCCOOOOOOOOOOOOC=CCCCCCCCCC. The zero-order chi connectivity index (χ0) is 22.8. The molecular weight excluding hydrogens is 428 g/mol. The van der Waals surface area contributed by atoms with Crippen molar-refractivity contribution in [2.24, 2.45) is 0 Å². The number of ether oxygens (including phenoxy) is 1. The highest BCUT2D eigenvalue weighted by Gasteiger charge is 2.03. The summed E-state index contributed by atoms with van der Waals surface area (Å²) in [6.07, 6.45) is 12.5. The first-order chi connectivity index (χ1) is 15.2. The van der Waals surface area contributed by atoms with E-state index in [2.05, 4.69) is 78.4 Å². The predicted octanol–water partition coefficient (Wildman–Crippen LogP) is 4.02. The minimum atomic E-state index is -0.576. The molecule has 14 heteroatoms. The summed E-state index contributed by atoms with van der Waals surface area (Å²) in [6, 6.07) is 0. The third-order valence-electron chi connectivity index (χ3n) is 3.21. The standard InChI is InChI=1S/C17H30O14/c1-4-5-6-7-8-9-10-11-12-13-20-22-24-26-28-30-31-29-27-25-23-21-15-14-19-17(18)16(2)3/h12-13H,2,4-11,14-15H2,1,3H3. The van der Waals surface area contributed by atoms with Gasteiger partial charge in [-0.15, -0.1) is 0 Å². The average Bonchev–Trinajstić information content (AvgIpc) is 2.76. The van der Waals surface area contributed by atoms with Crippen molar-refractivity contribution < 1.29 is 69.7 Å². The van der Waals surface area contributed by atoms with Crippen molar-refractivity contribution in [2.75, 3.05) is 13.2 Å². The van der Waals surface area contributed by atoms with Crippen LogP contribution in [-0.2, 0) is 69.7 Å². The lowest BCUT2D eigenvalue weighted by atomic mass is 10.1. The second kappa shape index (κ2) is 24.6. The van der Waals surface area contributed by atoms with Gasteiger partial charge in [0.15, 0.2) is 0 Å². The lowest BCUT2D eigenvalue weighted by Crippen LogP contribution is -2.11. The lowest BCUT2D eigenvalue weighted by Gasteiger charge is -2.03. The van der Waals surface area contributed by atoms with Crippen molar-refractivity contribution in [3.63, 3.8) is 0 Å². The number of unbranched alkanes of at least 4 members (excludes halogenated alkanes) is 7. The van der Waals surface area contributed by atoms with Crippen molar-refractivity contribution in [3.05, 3.63) is 24.5 Å². The number of hydrogen-bond donors (Lipinski definition) is 0. The van der Waals surface area contributed by atoms with Gasteiger partial charge >= 0.3 is 5.97 Å². The number of hydrogen-bond acceptors (Lipinski definition) is 14. The molecule has 0 aromatic rings. The van der Waals surface area contributed by atoms with Crippen molar-refractivity contribution in [1.29, 1.82) is 0 Å². The van der Waals surface area contributed by atoms with Crippen LogP contribution in [0.3, 0.4) is 0 Å². The summed E-state index contributed by atoms with van der Waals surface area (Å²) in [4.78, 5) is 19.8. The van der Waals surface area contributed by atoms with E-state index in [-0.39, 0.29) is 18.8 Å². The van der Waals surface area contributed by atoms with E-state index in [0.717, 1.165) is 12.8 Å². The highest BCUT2D eigenvalue weighted by molar-refractivity contribution is 5.86. The Balaban J connectivity index is 3.12. The summed E-state index contributed by atoms with van der Waals surface area (Å²) in [5.74, 6) is -0.576. The second-order valence-electron chi connectivity index (χ2n) is 5.80. The molecule has 182 valence electrons. The fraction of sp³-hybridized carbons (Fsp3) is 0.706. The zero-order valence-corrected chi connectivity index (χ0v) is 17.6. The molecule has 0 bridgehead atoms. The first kappa shape index (κ1) is 29.3. The Morgan fingerprint density at radius 3 is 1.90 bits per heavy atom. The maximum absolute atomic E-state index is 11.0. The largest absolute Gasteiger partial charge is 0.460 e. The Morgan fingerprint density at radius 1 is 0.742 bits per heavy atom. The zero-order valence-electron chi connectivity index (χ0n) is 17.6. The molecule has 0 radical (unpaired) electrons. The fourth-order valence-corrected chi connectivity index (χ4v) is 1.80. The first-order valence-corrected chi connectivity index (χ1v) is 9.61. The van der Waals surface area contributed by atoms with Crippen LogP contribution in [0.15, 0.2) is 24.5 Å². The Labute approximate surface area is 179 Å². The van der Waals surface area contributed by atoms with Gasteiger partial charge in [0.05, 0.1) is 0 Å². The highest BCUT2D eigenvalue weighted by Crippen LogP contribution is 2.08. The maximum Gasteiger partial charge on any atom is 0.333 e. The van der Waals surface area contributed by atoms with Crippen LogP contribution in [0.4, 0.5) is 0 Å². The van der Waals surface area contributed by atoms with Crippen LogP contribution in [0.25, 0.3) is 0 Å². The van der Waals surface area contributed by atoms with Gasteiger partial charge in [-0.05, 0) is 51.0 Å². The highest BCUT2D eigenvalue weighted by atomic mass is 18.0. The summed E-state index contributed by atoms with van der Waals surface area (Å²) in [6.45, 7) is 6.81. The van der Waals surface area contributed by atoms with Crippen molar-refractivity contribution in [3.8, 4) is 0 Å². The summed E-state index contributed by atoms with van der Waals surface area (Å²) in [5, 5.41) is 38.4. The molecule has 14 nitrogen and oxygen atoms in total. The molecule has 0 N–H and O–H groups in total. The van der Waals surface area contributed by atoms with E-state index < -0.39 is 5.97 Å². The lowest BCUT2D eigenvalue weighted by molar-refractivity contribution is -0.862. The molecule has 0 aliphatic carbocycles. The molecule has 0 saturated heterocycles. The summed E-state index contributed by atoms with van der Waals surface area (Å²) in [7, 11) is 0. The summed E-state index contributed by atoms with van der Waals surface area (Å²) >= 11 is 0. The fourth-order valence-electron chi connectivity index (χ4n) is 1.80. The van der Waals surface area contributed by atoms with Gasteiger partial charge in [0.2, 0.25) is 0 Å². The van der Waals surface area contributed by atoms with E-state index in [4.69, 9.17) is 0 Å². The van der Waals surface area contributed by atoms with E-state index in [0.29, 0.717) is 0 Å². The Morgan fingerprint density at radius 2 is 1.29 bits per heavy atom. The second-order valence-corrected chi connectivity index (χ2v) is 5.80. The molecule has 31 heavy (non-hydrogen) atoms. The molecule has 0 fully saturated rings. The van der Waals surface area contributed by atoms with Crippen molar-refractivity contribution in [1.82, 2.24) is 0 Å². The molecule has 0 heterocycles. The van der Waals surface area contributed by atoms with Crippen LogP contribution in [-0.4, -0.2) is 19.2 Å². The summed E-state index contributed by atoms with van der Waals surface area (Å²) < 4.78 is 4.67. The minimum absolute atomic E-state index is 0.110. The van der Waals surface area contributed by atoms with Gasteiger partial charge in [-0.25, -0.2) is 9.68 Å². The van der Waals surface area contributed by atoms with Crippen LogP contribution in [0.5, 0.6) is 0 Å². The summed E-state index contributed by atoms with van der Waals surface area (Å²) in [5.41, 5.74) is 0.243. The molecule has 0 amide bonds. The third kappa shape index (κ3) is 24.5. The number of esters is 1. The van der Waals surface area contributed by atoms with E-state index >= 15 is 0 Å². The smallest absolute Gasteiger partial charge is 0.333 e. The van der Waals surface area contributed by atoms with Crippen LogP contribution < -0.4 is 0 Å². The topological polar surface area (TPSA) is 137 Å². The molecule has 0 aromatic heterocycles. The molecule has 0 spiro atoms. The number of carbonyl (C=O) groups excluding carboxylic acids is 1. The van der Waals surface area contributed by atoms with E-state index in [1.54, 1.807) is 6.08 Å². The van der Waals surface area contributed by atoms with Crippen LogP contribution >= 0.6 is 0 Å². The van der Waals surface area contributed by atoms with Crippen LogP contribution in [0.1, 0.15) is 65.2 Å². The normalized spacial score (nSPS) is 11.2. The molecule has 0 atom stereocenters. The van der Waals surface area contributed by atoms with Gasteiger partial charge in [-0.1, -0.05) is 52.0 Å². The van der Waals surface area contributed by atoms with Gasteiger partial charge in [-0.2, -0.15) is 0 Å². The predicted molar refractivity (Wildman–Crippen MR) is 95.4 cm³/mol. The Bertz CT molecular complexity index is 445. The van der Waals surface area contributed by atoms with Crippen LogP contribution in [0.2, 0.25) is 0 Å². The van der Waals surface area contributed by atoms with Gasteiger partial charge < -0.3 is 9.62 Å². The molecule has 0 aromatic carbocycles. The number of rotatable bonds is 24. The Hall–Kier alpha value is -1.69. The number of allylic oxidation sites excluding steroid dienone is 1. The molecule has 0 aliphatic heterocycles. The van der Waals surface area contributed by atoms with Crippen LogP contribution in [0, 0.1) is 0 Å².